The van der Waals surface area contributed by atoms with Gasteiger partial charge in [-0.25, -0.2) is 4.79 Å². The molecule has 2 aromatic rings. The first-order chi connectivity index (χ1) is 9.72. The Morgan fingerprint density at radius 1 is 1.15 bits per heavy atom. The quantitative estimate of drug-likeness (QED) is 0.829. The SMILES string of the molecule is N#Cn1c2c(n(Cc3ccccc3)c1=O)CCCC2=O. The summed E-state index contributed by atoms with van der Waals surface area (Å²) in [6.07, 6.45) is 3.62. The Kier molecular flexibility index (Phi) is 2.99. The van der Waals surface area contributed by atoms with E-state index in [-0.39, 0.29) is 11.5 Å². The van der Waals surface area contributed by atoms with Gasteiger partial charge in [-0.2, -0.15) is 9.83 Å². The molecule has 0 fully saturated rings. The Labute approximate surface area is 115 Å². The smallest absolute Gasteiger partial charge is 0.292 e. The number of nitrogens with zero attached hydrogens (tertiary/aromatic N) is 3. The number of carbonyl (C=O) groups is 1. The summed E-state index contributed by atoms with van der Waals surface area (Å²) in [5.41, 5.74) is 1.53. The summed E-state index contributed by atoms with van der Waals surface area (Å²) in [5.74, 6) is -0.114. The number of fused-ring (bicyclic) bond motifs is 1. The van der Waals surface area contributed by atoms with Gasteiger partial charge in [-0.05, 0) is 18.4 Å². The lowest BCUT2D eigenvalue weighted by Crippen LogP contribution is -2.24. The van der Waals surface area contributed by atoms with E-state index >= 15 is 0 Å². The highest BCUT2D eigenvalue weighted by atomic mass is 16.2. The molecule has 0 unspecified atom stereocenters. The van der Waals surface area contributed by atoms with Crippen molar-refractivity contribution in [3.8, 4) is 6.19 Å². The Balaban J connectivity index is 2.15. The molecule has 3 rings (SSSR count). The minimum atomic E-state index is -0.420. The number of aromatic nitrogens is 2. The van der Waals surface area contributed by atoms with E-state index in [0.29, 0.717) is 25.1 Å². The summed E-state index contributed by atoms with van der Waals surface area (Å²) in [5, 5.41) is 9.12. The molecule has 5 heteroatoms. The normalized spacial score (nSPS) is 13.8. The fourth-order valence-corrected chi connectivity index (χ4v) is 2.68. The minimum Gasteiger partial charge on any atom is -0.292 e. The highest BCUT2D eigenvalue weighted by Crippen LogP contribution is 2.21. The number of benzene rings is 1. The fraction of sp³-hybridized carbons (Fsp3) is 0.267. The molecule has 5 nitrogen and oxygen atoms in total. The van der Waals surface area contributed by atoms with Crippen LogP contribution in [0.3, 0.4) is 0 Å². The van der Waals surface area contributed by atoms with E-state index in [1.165, 1.54) is 0 Å². The molecule has 0 saturated carbocycles. The van der Waals surface area contributed by atoms with Gasteiger partial charge in [0.2, 0.25) is 0 Å². The summed E-state index contributed by atoms with van der Waals surface area (Å²) >= 11 is 0. The summed E-state index contributed by atoms with van der Waals surface area (Å²) in [6, 6.07) is 9.56. The number of carbonyl (C=O) groups excluding carboxylic acids is 1. The van der Waals surface area contributed by atoms with Gasteiger partial charge in [-0.3, -0.25) is 9.36 Å². The molecule has 0 aliphatic heterocycles. The Morgan fingerprint density at radius 2 is 1.90 bits per heavy atom. The first kappa shape index (κ1) is 12.4. The second kappa shape index (κ2) is 4.82. The lowest BCUT2D eigenvalue weighted by atomic mass is 9.99. The molecule has 100 valence electrons. The van der Waals surface area contributed by atoms with Gasteiger partial charge in [0.05, 0.1) is 12.2 Å². The van der Waals surface area contributed by atoms with E-state index in [1.54, 1.807) is 4.57 Å². The van der Waals surface area contributed by atoms with Crippen molar-refractivity contribution >= 4 is 5.78 Å². The number of Topliss-reactive ketones (excluding diaryl/α,β-unsaturated/α-hetero) is 1. The molecular weight excluding hydrogens is 254 g/mol. The van der Waals surface area contributed by atoms with Crippen LogP contribution < -0.4 is 5.69 Å². The molecule has 1 aliphatic rings. The van der Waals surface area contributed by atoms with Crippen LogP contribution in [0, 0.1) is 11.5 Å². The van der Waals surface area contributed by atoms with E-state index < -0.39 is 5.69 Å². The third-order valence-electron chi connectivity index (χ3n) is 3.61. The molecule has 0 radical (unpaired) electrons. The van der Waals surface area contributed by atoms with Crippen LogP contribution >= 0.6 is 0 Å². The maximum absolute atomic E-state index is 12.3. The maximum atomic E-state index is 12.3. The predicted octanol–water partition coefficient (Wildman–Crippen LogP) is 1.55. The number of imidazole rings is 1. The molecule has 0 bridgehead atoms. The number of nitriles is 1. The Morgan fingerprint density at radius 3 is 2.60 bits per heavy atom. The average Bonchev–Trinajstić information content (AvgIpc) is 2.74. The van der Waals surface area contributed by atoms with Crippen molar-refractivity contribution in [2.75, 3.05) is 0 Å². The molecule has 0 amide bonds. The number of hydrogen-bond donors (Lipinski definition) is 0. The number of ketones is 1. The van der Waals surface area contributed by atoms with Crippen LogP contribution in [-0.4, -0.2) is 14.9 Å². The molecule has 0 N–H and O–H groups in total. The van der Waals surface area contributed by atoms with Crippen molar-refractivity contribution < 1.29 is 4.79 Å². The monoisotopic (exact) mass is 267 g/mol. The van der Waals surface area contributed by atoms with Crippen LogP contribution in [0.5, 0.6) is 0 Å². The zero-order valence-electron chi connectivity index (χ0n) is 10.9. The molecule has 0 saturated heterocycles. The third kappa shape index (κ3) is 1.86. The van der Waals surface area contributed by atoms with E-state index in [4.69, 9.17) is 5.26 Å². The Hall–Kier alpha value is -2.61. The van der Waals surface area contributed by atoms with Crippen molar-refractivity contribution in [2.45, 2.75) is 25.8 Å². The second-order valence-electron chi connectivity index (χ2n) is 4.86. The van der Waals surface area contributed by atoms with E-state index in [2.05, 4.69) is 0 Å². The van der Waals surface area contributed by atoms with Crippen LogP contribution in [0.4, 0.5) is 0 Å². The van der Waals surface area contributed by atoms with Crippen LogP contribution in [-0.2, 0) is 13.0 Å². The lowest BCUT2D eigenvalue weighted by Gasteiger charge is -2.13. The minimum absolute atomic E-state index is 0.114. The molecular formula is C15H13N3O2. The van der Waals surface area contributed by atoms with Gasteiger partial charge >= 0.3 is 5.69 Å². The molecule has 1 aromatic heterocycles. The van der Waals surface area contributed by atoms with Gasteiger partial charge in [0.25, 0.3) is 0 Å². The molecule has 1 heterocycles. The van der Waals surface area contributed by atoms with E-state index in [9.17, 15) is 9.59 Å². The van der Waals surface area contributed by atoms with Gasteiger partial charge in [0, 0.05) is 6.42 Å². The highest BCUT2D eigenvalue weighted by molar-refractivity contribution is 5.96. The fourth-order valence-electron chi connectivity index (χ4n) is 2.68. The number of rotatable bonds is 2. The van der Waals surface area contributed by atoms with Crippen molar-refractivity contribution in [2.24, 2.45) is 0 Å². The zero-order valence-corrected chi connectivity index (χ0v) is 10.9. The van der Waals surface area contributed by atoms with Crippen molar-refractivity contribution in [3.05, 3.63) is 57.8 Å². The second-order valence-corrected chi connectivity index (χ2v) is 4.86. The Bertz CT molecular complexity index is 763. The van der Waals surface area contributed by atoms with Crippen molar-refractivity contribution in [1.29, 1.82) is 5.26 Å². The topological polar surface area (TPSA) is 67.8 Å². The van der Waals surface area contributed by atoms with E-state index in [1.807, 2.05) is 36.5 Å². The maximum Gasteiger partial charge on any atom is 0.342 e. The van der Waals surface area contributed by atoms with E-state index in [0.717, 1.165) is 16.6 Å². The van der Waals surface area contributed by atoms with Gasteiger partial charge in [-0.15, -0.1) is 0 Å². The largest absolute Gasteiger partial charge is 0.342 e. The molecule has 1 aromatic carbocycles. The van der Waals surface area contributed by atoms with Crippen LogP contribution in [0.15, 0.2) is 35.1 Å². The van der Waals surface area contributed by atoms with Gasteiger partial charge in [0.1, 0.15) is 5.69 Å². The standard InChI is InChI=1S/C15H13N3O2/c16-10-18-14-12(7-4-8-13(14)19)17(15(18)20)9-11-5-2-1-3-6-11/h1-3,5-6H,4,7-9H2. The molecule has 20 heavy (non-hydrogen) atoms. The first-order valence-electron chi connectivity index (χ1n) is 6.54. The average molecular weight is 267 g/mol. The molecule has 1 aliphatic carbocycles. The highest BCUT2D eigenvalue weighted by Gasteiger charge is 2.28. The molecule has 0 atom stereocenters. The summed E-state index contributed by atoms with van der Waals surface area (Å²) in [4.78, 5) is 24.2. The number of hydrogen-bond acceptors (Lipinski definition) is 3. The van der Waals surface area contributed by atoms with Crippen LogP contribution in [0.2, 0.25) is 0 Å². The van der Waals surface area contributed by atoms with Crippen molar-refractivity contribution in [1.82, 2.24) is 9.13 Å². The zero-order chi connectivity index (χ0) is 14.1. The third-order valence-corrected chi connectivity index (χ3v) is 3.61. The summed E-state index contributed by atoms with van der Waals surface area (Å²) < 4.78 is 2.48. The van der Waals surface area contributed by atoms with Crippen LogP contribution in [0.25, 0.3) is 0 Å². The first-order valence-corrected chi connectivity index (χ1v) is 6.54. The van der Waals surface area contributed by atoms with Crippen LogP contribution in [0.1, 0.15) is 34.6 Å². The van der Waals surface area contributed by atoms with Gasteiger partial charge < -0.3 is 0 Å². The lowest BCUT2D eigenvalue weighted by molar-refractivity contribution is 0.0965. The predicted molar refractivity (Wildman–Crippen MR) is 72.5 cm³/mol. The summed E-state index contributed by atoms with van der Waals surface area (Å²) in [6.45, 7) is 0.393. The van der Waals surface area contributed by atoms with Gasteiger partial charge in [0.15, 0.2) is 12.0 Å². The van der Waals surface area contributed by atoms with Crippen molar-refractivity contribution in [3.63, 3.8) is 0 Å². The van der Waals surface area contributed by atoms with Gasteiger partial charge in [-0.1, -0.05) is 30.3 Å². The molecule has 0 spiro atoms. The summed E-state index contributed by atoms with van der Waals surface area (Å²) in [7, 11) is 0.